The van der Waals surface area contributed by atoms with Crippen molar-refractivity contribution in [2.45, 2.75) is 64.8 Å². The first-order chi connectivity index (χ1) is 19.2. The second kappa shape index (κ2) is 15.2. The van der Waals surface area contributed by atoms with E-state index in [1.807, 2.05) is 34.9 Å². The van der Waals surface area contributed by atoms with Crippen LogP contribution in [0.3, 0.4) is 0 Å². The van der Waals surface area contributed by atoms with Crippen molar-refractivity contribution in [3.05, 3.63) is 23.8 Å². The highest BCUT2D eigenvalue weighted by molar-refractivity contribution is 5.79. The van der Waals surface area contributed by atoms with Crippen LogP contribution in [0.15, 0.2) is 18.2 Å². The summed E-state index contributed by atoms with van der Waals surface area (Å²) in [4.78, 5) is 46.4. The van der Waals surface area contributed by atoms with Crippen molar-refractivity contribution in [3.63, 3.8) is 0 Å². The number of carbonyl (C=O) groups is 3. The highest BCUT2D eigenvalue weighted by Crippen LogP contribution is 2.42. The maximum Gasteiger partial charge on any atom is 0.308 e. The lowest BCUT2D eigenvalue weighted by Crippen LogP contribution is -2.46. The van der Waals surface area contributed by atoms with E-state index in [1.165, 1.54) is 6.92 Å². The predicted molar refractivity (Wildman–Crippen MR) is 154 cm³/mol. The number of carboxylic acids is 1. The molecule has 224 valence electrons. The molecule has 0 spiro atoms. The maximum atomic E-state index is 13.7. The van der Waals surface area contributed by atoms with Crippen molar-refractivity contribution >= 4 is 17.8 Å². The molecule has 3 atom stereocenters. The van der Waals surface area contributed by atoms with E-state index in [9.17, 15) is 19.5 Å². The number of benzene rings is 1. The summed E-state index contributed by atoms with van der Waals surface area (Å²) < 4.78 is 11.0. The number of unbranched alkanes of at least 4 members (excludes halogenated alkanes) is 2. The number of carbonyl (C=O) groups excluding carboxylic acids is 2. The molecule has 1 saturated heterocycles. The summed E-state index contributed by atoms with van der Waals surface area (Å²) in [6.45, 7) is 9.72. The van der Waals surface area contributed by atoms with Gasteiger partial charge in [0.05, 0.1) is 12.5 Å². The third-order valence-corrected chi connectivity index (χ3v) is 8.14. The number of ether oxygens (including phenoxy) is 2. The smallest absolute Gasteiger partial charge is 0.308 e. The van der Waals surface area contributed by atoms with Crippen molar-refractivity contribution in [2.24, 2.45) is 5.92 Å². The van der Waals surface area contributed by atoms with Crippen LogP contribution in [-0.4, -0.2) is 115 Å². The van der Waals surface area contributed by atoms with Gasteiger partial charge in [0, 0.05) is 51.6 Å². The Labute approximate surface area is 239 Å². The minimum Gasteiger partial charge on any atom is -0.481 e. The summed E-state index contributed by atoms with van der Waals surface area (Å²) >= 11 is 0. The van der Waals surface area contributed by atoms with E-state index in [1.54, 1.807) is 4.90 Å². The summed E-state index contributed by atoms with van der Waals surface area (Å²) in [6.07, 6.45) is 4.36. The van der Waals surface area contributed by atoms with Crippen molar-refractivity contribution in [1.82, 2.24) is 19.6 Å². The fourth-order valence-electron chi connectivity index (χ4n) is 5.87. The molecule has 0 radical (unpaired) electrons. The molecule has 10 nitrogen and oxygen atoms in total. The average Bonchev–Trinajstić information content (AvgIpc) is 3.52. The van der Waals surface area contributed by atoms with Gasteiger partial charge in [0.1, 0.15) is 0 Å². The number of rotatable bonds is 16. The third-order valence-electron chi connectivity index (χ3n) is 8.14. The first-order valence-electron chi connectivity index (χ1n) is 14.7. The molecule has 0 aromatic heterocycles. The molecule has 1 aromatic carbocycles. The van der Waals surface area contributed by atoms with Crippen molar-refractivity contribution in [3.8, 4) is 11.5 Å². The molecule has 2 aliphatic rings. The molecule has 0 aliphatic carbocycles. The number of likely N-dealkylation sites (tertiary alicyclic amines) is 1. The van der Waals surface area contributed by atoms with E-state index in [-0.39, 0.29) is 37.1 Å². The van der Waals surface area contributed by atoms with Crippen LogP contribution in [0.4, 0.5) is 0 Å². The van der Waals surface area contributed by atoms with Crippen LogP contribution in [0.5, 0.6) is 11.5 Å². The Hall–Kier alpha value is -2.85. The number of carboxylic acid groups (broad SMARTS) is 1. The molecule has 40 heavy (non-hydrogen) atoms. The number of nitrogens with zero attached hydrogens (tertiary/aromatic N) is 4. The molecular weight excluding hydrogens is 512 g/mol. The molecule has 2 amide bonds. The minimum absolute atomic E-state index is 0.0363. The van der Waals surface area contributed by atoms with Gasteiger partial charge >= 0.3 is 5.97 Å². The summed E-state index contributed by atoms with van der Waals surface area (Å²) in [5.41, 5.74) is 0.863. The average molecular weight is 561 g/mol. The zero-order valence-corrected chi connectivity index (χ0v) is 24.9. The minimum atomic E-state index is -0.889. The molecule has 0 unspecified atom stereocenters. The molecular formula is C30H48N4O6. The molecule has 2 heterocycles. The lowest BCUT2D eigenvalue weighted by atomic mass is 9.84. The number of fused-ring (bicyclic) bond motifs is 1. The lowest BCUT2D eigenvalue weighted by Gasteiger charge is -2.31. The second-order valence-corrected chi connectivity index (χ2v) is 11.2. The first kappa shape index (κ1) is 31.7. The van der Waals surface area contributed by atoms with E-state index in [2.05, 4.69) is 25.9 Å². The Bertz CT molecular complexity index is 1000. The van der Waals surface area contributed by atoms with Crippen LogP contribution in [0.2, 0.25) is 0 Å². The molecule has 10 heteroatoms. The SMILES string of the molecule is CCCCN(CCCCN(C)C)C(=O)CN1C[C@H](c2ccc3c(c2)OCO3)[C@@H](C(=O)O)[C@@H]1CCN(CC)C(C)=O. The second-order valence-electron chi connectivity index (χ2n) is 11.2. The highest BCUT2D eigenvalue weighted by Gasteiger charge is 2.47. The van der Waals surface area contributed by atoms with Crippen molar-refractivity contribution in [2.75, 3.05) is 66.7 Å². The lowest BCUT2D eigenvalue weighted by molar-refractivity contribution is -0.144. The topological polar surface area (TPSA) is 103 Å². The van der Waals surface area contributed by atoms with Gasteiger partial charge in [0.15, 0.2) is 11.5 Å². The molecule has 3 rings (SSSR count). The Morgan fingerprint density at radius 3 is 2.33 bits per heavy atom. The van der Waals surface area contributed by atoms with Gasteiger partial charge in [0.25, 0.3) is 0 Å². The van der Waals surface area contributed by atoms with Crippen LogP contribution in [0.25, 0.3) is 0 Å². The van der Waals surface area contributed by atoms with Crippen molar-refractivity contribution < 1.29 is 29.0 Å². The molecule has 1 N–H and O–H groups in total. The summed E-state index contributed by atoms with van der Waals surface area (Å²) in [5.74, 6) is -0.657. The van der Waals surface area contributed by atoms with Crippen LogP contribution in [0.1, 0.15) is 64.4 Å². The molecule has 1 aromatic rings. The zero-order chi connectivity index (χ0) is 29.2. The van der Waals surface area contributed by atoms with Gasteiger partial charge in [-0.3, -0.25) is 19.3 Å². The Morgan fingerprint density at radius 1 is 0.975 bits per heavy atom. The maximum absolute atomic E-state index is 13.7. The normalized spacial score (nSPS) is 20.2. The standard InChI is InChI=1S/C30H48N4O6/c1-6-8-15-33(16-10-9-14-31(4)5)28(36)20-34-19-24(23-11-12-26-27(18-23)40-21-39-26)29(30(37)38)25(34)13-17-32(7-2)22(3)35/h11-12,18,24-25,29H,6-10,13-17,19-21H2,1-5H3,(H,37,38)/t24-,25+,29-/m1/s1. The molecule has 2 aliphatic heterocycles. The fraction of sp³-hybridized carbons (Fsp3) is 0.700. The van der Waals surface area contributed by atoms with Gasteiger partial charge in [0.2, 0.25) is 18.6 Å². The van der Waals surface area contributed by atoms with Crippen LogP contribution < -0.4 is 9.47 Å². The number of hydrogen-bond acceptors (Lipinski definition) is 7. The van der Waals surface area contributed by atoms with Gasteiger partial charge in [-0.05, 0) is 70.9 Å². The molecule has 0 saturated carbocycles. The molecule has 1 fully saturated rings. The predicted octanol–water partition coefficient (Wildman–Crippen LogP) is 3.11. The van der Waals surface area contributed by atoms with E-state index in [0.717, 1.165) is 37.8 Å². The summed E-state index contributed by atoms with van der Waals surface area (Å²) in [7, 11) is 4.10. The van der Waals surface area contributed by atoms with Gasteiger partial charge < -0.3 is 29.3 Å². The van der Waals surface area contributed by atoms with E-state index in [4.69, 9.17) is 9.47 Å². The Balaban J connectivity index is 1.83. The Morgan fingerprint density at radius 2 is 1.68 bits per heavy atom. The Kier molecular flexibility index (Phi) is 12.1. The largest absolute Gasteiger partial charge is 0.481 e. The van der Waals surface area contributed by atoms with Gasteiger partial charge in [-0.1, -0.05) is 19.4 Å². The quantitative estimate of drug-likeness (QED) is 0.308. The highest BCUT2D eigenvalue weighted by atomic mass is 16.7. The number of hydrogen-bond donors (Lipinski definition) is 1. The van der Waals surface area contributed by atoms with E-state index >= 15 is 0 Å². The molecule has 0 bridgehead atoms. The van der Waals surface area contributed by atoms with E-state index in [0.29, 0.717) is 50.6 Å². The van der Waals surface area contributed by atoms with Crippen LogP contribution in [-0.2, 0) is 14.4 Å². The summed E-state index contributed by atoms with van der Waals surface area (Å²) in [5, 5.41) is 10.4. The summed E-state index contributed by atoms with van der Waals surface area (Å²) in [6, 6.07) is 5.22. The zero-order valence-electron chi connectivity index (χ0n) is 24.9. The fourth-order valence-corrected chi connectivity index (χ4v) is 5.87. The number of aliphatic carboxylic acids is 1. The van der Waals surface area contributed by atoms with Gasteiger partial charge in [-0.2, -0.15) is 0 Å². The van der Waals surface area contributed by atoms with Gasteiger partial charge in [-0.25, -0.2) is 0 Å². The van der Waals surface area contributed by atoms with Crippen LogP contribution in [0, 0.1) is 5.92 Å². The van der Waals surface area contributed by atoms with E-state index < -0.39 is 11.9 Å². The van der Waals surface area contributed by atoms with Crippen molar-refractivity contribution in [1.29, 1.82) is 0 Å². The van der Waals surface area contributed by atoms with Gasteiger partial charge in [-0.15, -0.1) is 0 Å². The van der Waals surface area contributed by atoms with Crippen LogP contribution >= 0.6 is 0 Å². The first-order valence-corrected chi connectivity index (χ1v) is 14.7. The monoisotopic (exact) mass is 560 g/mol. The number of amides is 2. The third kappa shape index (κ3) is 8.33.